The van der Waals surface area contributed by atoms with Crippen LogP contribution in [-0.4, -0.2) is 37.1 Å². The minimum absolute atomic E-state index is 0.681. The molecule has 0 bridgehead atoms. The van der Waals surface area contributed by atoms with E-state index in [2.05, 4.69) is 58.1 Å². The molecule has 1 N–H and O–H groups in total. The maximum absolute atomic E-state index is 3.71. The highest BCUT2D eigenvalue weighted by Crippen LogP contribution is 2.12. The zero-order valence-corrected chi connectivity index (χ0v) is 13.3. The maximum atomic E-state index is 3.71. The summed E-state index contributed by atoms with van der Waals surface area (Å²) >= 11 is 1.86. The van der Waals surface area contributed by atoms with E-state index in [1.165, 1.54) is 42.9 Å². The van der Waals surface area contributed by atoms with E-state index < -0.39 is 0 Å². The van der Waals surface area contributed by atoms with Crippen LogP contribution in [-0.2, 0) is 12.8 Å². The van der Waals surface area contributed by atoms with Crippen LogP contribution in [0.5, 0.6) is 0 Å². The molecule has 3 rings (SSSR count). The smallest absolute Gasteiger partial charge is 0.0207 e. The van der Waals surface area contributed by atoms with Crippen molar-refractivity contribution in [3.8, 4) is 0 Å². The molecule has 2 aromatic rings. The second-order valence-corrected chi connectivity index (χ2v) is 6.84. The summed E-state index contributed by atoms with van der Waals surface area (Å²) in [6.07, 6.45) is 3.63. The molecule has 1 aromatic heterocycles. The van der Waals surface area contributed by atoms with Gasteiger partial charge in [-0.2, -0.15) is 0 Å². The quantitative estimate of drug-likeness (QED) is 0.845. The van der Waals surface area contributed by atoms with Crippen molar-refractivity contribution in [1.29, 1.82) is 0 Å². The predicted molar refractivity (Wildman–Crippen MR) is 91.0 cm³/mol. The fourth-order valence-corrected chi connectivity index (χ4v) is 3.70. The van der Waals surface area contributed by atoms with E-state index in [0.717, 1.165) is 13.0 Å². The lowest BCUT2D eigenvalue weighted by atomic mass is 10.1. The lowest BCUT2D eigenvalue weighted by Gasteiger charge is -2.16. The van der Waals surface area contributed by atoms with Crippen molar-refractivity contribution >= 4 is 11.3 Å². The summed E-state index contributed by atoms with van der Waals surface area (Å²) in [5, 5.41) is 5.88. The SMILES string of the molecule is c1ccc(CCN2CCC(NCCc3cccs3)C2)cc1. The van der Waals surface area contributed by atoms with Crippen molar-refractivity contribution in [3.63, 3.8) is 0 Å². The molecule has 2 nitrogen and oxygen atoms in total. The number of thiophene rings is 1. The Morgan fingerprint density at radius 1 is 1.10 bits per heavy atom. The van der Waals surface area contributed by atoms with E-state index in [1.807, 2.05) is 11.3 Å². The fourth-order valence-electron chi connectivity index (χ4n) is 2.99. The molecule has 1 aromatic carbocycles. The van der Waals surface area contributed by atoms with Gasteiger partial charge in [-0.15, -0.1) is 11.3 Å². The Morgan fingerprint density at radius 3 is 2.81 bits per heavy atom. The van der Waals surface area contributed by atoms with Crippen LogP contribution >= 0.6 is 11.3 Å². The van der Waals surface area contributed by atoms with Gasteiger partial charge >= 0.3 is 0 Å². The summed E-state index contributed by atoms with van der Waals surface area (Å²) in [6.45, 7) is 4.74. The van der Waals surface area contributed by atoms with Gasteiger partial charge in [0.05, 0.1) is 0 Å². The largest absolute Gasteiger partial charge is 0.312 e. The van der Waals surface area contributed by atoms with Crippen LogP contribution in [0.2, 0.25) is 0 Å². The molecule has 3 heteroatoms. The van der Waals surface area contributed by atoms with E-state index in [1.54, 1.807) is 0 Å². The molecule has 1 aliphatic rings. The molecule has 1 aliphatic heterocycles. The minimum atomic E-state index is 0.681. The number of rotatable bonds is 7. The van der Waals surface area contributed by atoms with Gasteiger partial charge in [0.2, 0.25) is 0 Å². The standard InChI is InChI=1S/C18H24N2S/c1-2-5-16(6-3-1)9-12-20-13-10-17(15-20)19-11-8-18-7-4-14-21-18/h1-7,14,17,19H,8-13,15H2. The van der Waals surface area contributed by atoms with Gasteiger partial charge < -0.3 is 10.2 Å². The molecule has 112 valence electrons. The Bertz CT molecular complexity index is 509. The van der Waals surface area contributed by atoms with E-state index in [4.69, 9.17) is 0 Å². The average molecular weight is 300 g/mol. The first-order chi connectivity index (χ1) is 10.4. The highest BCUT2D eigenvalue weighted by molar-refractivity contribution is 7.09. The number of hydrogen-bond donors (Lipinski definition) is 1. The summed E-state index contributed by atoms with van der Waals surface area (Å²) in [6, 6.07) is 15.9. The van der Waals surface area contributed by atoms with Crippen molar-refractivity contribution in [3.05, 3.63) is 58.3 Å². The molecular weight excluding hydrogens is 276 g/mol. The summed E-state index contributed by atoms with van der Waals surface area (Å²) in [5.74, 6) is 0. The van der Waals surface area contributed by atoms with E-state index >= 15 is 0 Å². The van der Waals surface area contributed by atoms with Gasteiger partial charge in [-0.3, -0.25) is 0 Å². The third-order valence-corrected chi connectivity index (χ3v) is 5.15. The number of likely N-dealkylation sites (tertiary alicyclic amines) is 1. The Labute approximate surface area is 131 Å². The second-order valence-electron chi connectivity index (χ2n) is 5.81. The van der Waals surface area contributed by atoms with Gasteiger partial charge in [0.1, 0.15) is 0 Å². The second kappa shape index (κ2) is 7.74. The zero-order chi connectivity index (χ0) is 14.3. The van der Waals surface area contributed by atoms with Gasteiger partial charge in [0.25, 0.3) is 0 Å². The van der Waals surface area contributed by atoms with Crippen LogP contribution in [0.15, 0.2) is 47.8 Å². The summed E-state index contributed by atoms with van der Waals surface area (Å²) in [5.41, 5.74) is 1.45. The van der Waals surface area contributed by atoms with Crippen molar-refractivity contribution < 1.29 is 0 Å². The zero-order valence-electron chi connectivity index (χ0n) is 12.5. The van der Waals surface area contributed by atoms with E-state index in [-0.39, 0.29) is 0 Å². The van der Waals surface area contributed by atoms with Crippen molar-refractivity contribution in [2.24, 2.45) is 0 Å². The van der Waals surface area contributed by atoms with Gasteiger partial charge in [-0.1, -0.05) is 36.4 Å². The third kappa shape index (κ3) is 4.67. The Kier molecular flexibility index (Phi) is 5.44. The lowest BCUT2D eigenvalue weighted by Crippen LogP contribution is -2.34. The van der Waals surface area contributed by atoms with Crippen LogP contribution in [0.25, 0.3) is 0 Å². The minimum Gasteiger partial charge on any atom is -0.312 e. The Morgan fingerprint density at radius 2 is 2.00 bits per heavy atom. The number of nitrogens with one attached hydrogen (secondary N) is 1. The fraction of sp³-hybridized carbons (Fsp3) is 0.444. The van der Waals surface area contributed by atoms with Crippen LogP contribution < -0.4 is 5.32 Å². The van der Waals surface area contributed by atoms with E-state index in [0.29, 0.717) is 6.04 Å². The highest BCUT2D eigenvalue weighted by atomic mass is 32.1. The number of benzene rings is 1. The number of hydrogen-bond acceptors (Lipinski definition) is 3. The third-order valence-electron chi connectivity index (χ3n) is 4.22. The molecular formula is C18H24N2S. The van der Waals surface area contributed by atoms with Crippen LogP contribution in [0, 0.1) is 0 Å². The van der Waals surface area contributed by atoms with Gasteiger partial charge in [-0.25, -0.2) is 0 Å². The normalized spacial score (nSPS) is 19.1. The molecule has 1 atom stereocenters. The average Bonchev–Trinajstić information content (AvgIpc) is 3.18. The molecule has 21 heavy (non-hydrogen) atoms. The van der Waals surface area contributed by atoms with Crippen molar-refractivity contribution in [1.82, 2.24) is 10.2 Å². The van der Waals surface area contributed by atoms with E-state index in [9.17, 15) is 0 Å². The molecule has 0 spiro atoms. The molecule has 0 saturated carbocycles. The summed E-state index contributed by atoms with van der Waals surface area (Å²) in [4.78, 5) is 4.08. The van der Waals surface area contributed by atoms with Crippen molar-refractivity contribution in [2.45, 2.75) is 25.3 Å². The summed E-state index contributed by atoms with van der Waals surface area (Å²) in [7, 11) is 0. The topological polar surface area (TPSA) is 15.3 Å². The Balaban J connectivity index is 1.33. The molecule has 2 heterocycles. The maximum Gasteiger partial charge on any atom is 0.0207 e. The molecule has 0 aliphatic carbocycles. The van der Waals surface area contributed by atoms with Crippen molar-refractivity contribution in [2.75, 3.05) is 26.2 Å². The van der Waals surface area contributed by atoms with Crippen LogP contribution in [0.4, 0.5) is 0 Å². The molecule has 0 radical (unpaired) electrons. The monoisotopic (exact) mass is 300 g/mol. The first-order valence-electron chi connectivity index (χ1n) is 7.92. The first-order valence-corrected chi connectivity index (χ1v) is 8.80. The van der Waals surface area contributed by atoms with Crippen LogP contribution in [0.1, 0.15) is 16.9 Å². The molecule has 1 unspecified atom stereocenters. The van der Waals surface area contributed by atoms with Crippen LogP contribution in [0.3, 0.4) is 0 Å². The Hall–Kier alpha value is -1.16. The highest BCUT2D eigenvalue weighted by Gasteiger charge is 2.21. The van der Waals surface area contributed by atoms with Gasteiger partial charge in [-0.05, 0) is 42.8 Å². The lowest BCUT2D eigenvalue weighted by molar-refractivity contribution is 0.332. The predicted octanol–water partition coefficient (Wildman–Crippen LogP) is 3.20. The summed E-state index contributed by atoms with van der Waals surface area (Å²) < 4.78 is 0. The molecule has 1 saturated heterocycles. The number of nitrogens with zero attached hydrogens (tertiary/aromatic N) is 1. The first kappa shape index (κ1) is 14.8. The van der Waals surface area contributed by atoms with Gasteiger partial charge in [0, 0.05) is 30.6 Å². The molecule has 0 amide bonds. The van der Waals surface area contributed by atoms with Gasteiger partial charge in [0.15, 0.2) is 0 Å². The molecule has 1 fully saturated rings.